The Morgan fingerprint density at radius 3 is 2.66 bits per heavy atom. The van der Waals surface area contributed by atoms with Crippen molar-refractivity contribution < 1.29 is 9.18 Å². The molecule has 9 atom stereocenters. The molecule has 9 unspecified atom stereocenters. The van der Waals surface area contributed by atoms with E-state index in [9.17, 15) is 9.18 Å². The Hall–Kier alpha value is -0.850. The lowest BCUT2D eigenvalue weighted by Gasteiger charge is -2.43. The zero-order valence-corrected chi connectivity index (χ0v) is 22.4. The van der Waals surface area contributed by atoms with Crippen molar-refractivity contribution in [1.82, 2.24) is 20.2 Å². The van der Waals surface area contributed by atoms with Crippen molar-refractivity contribution in [3.8, 4) is 0 Å². The van der Waals surface area contributed by atoms with Crippen LogP contribution in [0.1, 0.15) is 82.9 Å². The minimum absolute atomic E-state index is 0.00813. The Kier molecular flexibility index (Phi) is 8.30. The fourth-order valence-corrected chi connectivity index (χ4v) is 7.72. The molecule has 4 aliphatic rings. The Balaban J connectivity index is 1.24. The third-order valence-corrected chi connectivity index (χ3v) is 10.3. The van der Waals surface area contributed by atoms with Crippen LogP contribution in [0.2, 0.25) is 0 Å². The summed E-state index contributed by atoms with van der Waals surface area (Å²) < 4.78 is 16.3. The van der Waals surface area contributed by atoms with Crippen LogP contribution < -0.4 is 10.6 Å². The summed E-state index contributed by atoms with van der Waals surface area (Å²) in [7, 11) is 0. The van der Waals surface area contributed by atoms with E-state index in [1.165, 1.54) is 18.7 Å². The Labute approximate surface area is 219 Å². The lowest BCUT2D eigenvalue weighted by atomic mass is 9.66. The van der Waals surface area contributed by atoms with Gasteiger partial charge in [0.05, 0.1) is 5.38 Å². The summed E-state index contributed by atoms with van der Waals surface area (Å²) in [5.74, 6) is 3.72. The van der Waals surface area contributed by atoms with Crippen molar-refractivity contribution in [3.63, 3.8) is 0 Å². The van der Waals surface area contributed by atoms with Crippen LogP contribution in [0.25, 0.3) is 0 Å². The molecule has 2 N–H and O–H groups in total. The van der Waals surface area contributed by atoms with Crippen molar-refractivity contribution >= 4 is 29.1 Å². The first-order valence-electron chi connectivity index (χ1n) is 13.8. The SMILES string of the molecule is CC1NC(F)CCC1C1CC(Cn2ccnc2C2CC2)CC(C(=O)NCC2CCC(Cl)C(Cl)C2)C1. The van der Waals surface area contributed by atoms with Crippen molar-refractivity contribution in [2.24, 2.45) is 29.6 Å². The van der Waals surface area contributed by atoms with Gasteiger partial charge in [0, 0.05) is 48.7 Å². The first kappa shape index (κ1) is 25.8. The second-order valence-electron chi connectivity index (χ2n) is 11.9. The smallest absolute Gasteiger partial charge is 0.223 e. The molecule has 1 aromatic rings. The van der Waals surface area contributed by atoms with Crippen molar-refractivity contribution in [2.45, 2.75) is 107 Å². The number of nitrogens with one attached hydrogen (secondary N) is 2. The van der Waals surface area contributed by atoms with Crippen LogP contribution >= 0.6 is 23.2 Å². The zero-order valence-electron chi connectivity index (χ0n) is 20.9. The highest BCUT2D eigenvalue weighted by Gasteiger charge is 2.41. The molecule has 4 fully saturated rings. The molecule has 35 heavy (non-hydrogen) atoms. The molecule has 196 valence electrons. The second kappa shape index (κ2) is 11.3. The molecule has 0 bridgehead atoms. The maximum Gasteiger partial charge on any atom is 0.223 e. The Morgan fingerprint density at radius 1 is 1.09 bits per heavy atom. The van der Waals surface area contributed by atoms with Crippen molar-refractivity contribution in [3.05, 3.63) is 18.2 Å². The first-order valence-corrected chi connectivity index (χ1v) is 14.7. The molecule has 1 aromatic heterocycles. The highest BCUT2D eigenvalue weighted by molar-refractivity contribution is 6.30. The summed E-state index contributed by atoms with van der Waals surface area (Å²) in [6.07, 6.45) is 12.8. The summed E-state index contributed by atoms with van der Waals surface area (Å²) in [5.41, 5.74) is 0. The number of amides is 1. The van der Waals surface area contributed by atoms with Crippen LogP contribution in [0.3, 0.4) is 0 Å². The van der Waals surface area contributed by atoms with Gasteiger partial charge in [-0.3, -0.25) is 10.1 Å². The number of hydrogen-bond donors (Lipinski definition) is 2. The summed E-state index contributed by atoms with van der Waals surface area (Å²) in [4.78, 5) is 18.0. The molecule has 1 amide bonds. The monoisotopic (exact) mass is 526 g/mol. The molecule has 8 heteroatoms. The number of carbonyl (C=O) groups excluding carboxylic acids is 1. The van der Waals surface area contributed by atoms with Crippen LogP contribution in [-0.2, 0) is 11.3 Å². The van der Waals surface area contributed by atoms with E-state index in [-0.39, 0.29) is 28.6 Å². The van der Waals surface area contributed by atoms with E-state index >= 15 is 0 Å². The van der Waals surface area contributed by atoms with Gasteiger partial charge in [-0.1, -0.05) is 0 Å². The summed E-state index contributed by atoms with van der Waals surface area (Å²) in [5, 5.41) is 6.45. The van der Waals surface area contributed by atoms with E-state index in [0.717, 1.165) is 51.5 Å². The van der Waals surface area contributed by atoms with E-state index in [4.69, 9.17) is 23.2 Å². The molecule has 0 aromatic carbocycles. The van der Waals surface area contributed by atoms with Crippen molar-refractivity contribution in [1.29, 1.82) is 0 Å². The number of hydrogen-bond acceptors (Lipinski definition) is 3. The molecule has 0 spiro atoms. The quantitative estimate of drug-likeness (QED) is 0.358. The molecule has 5 nitrogen and oxygen atoms in total. The zero-order chi connectivity index (χ0) is 24.5. The average Bonchev–Trinajstić information content (AvgIpc) is 3.58. The van der Waals surface area contributed by atoms with Crippen LogP contribution in [0.5, 0.6) is 0 Å². The highest BCUT2D eigenvalue weighted by atomic mass is 35.5. The molecule has 0 radical (unpaired) electrons. The second-order valence-corrected chi connectivity index (χ2v) is 13.0. The lowest BCUT2D eigenvalue weighted by Crippen LogP contribution is -2.49. The largest absolute Gasteiger partial charge is 0.356 e. The molecule has 2 heterocycles. The number of carbonyl (C=O) groups is 1. The lowest BCUT2D eigenvalue weighted by molar-refractivity contribution is -0.128. The minimum atomic E-state index is -0.902. The fraction of sp³-hybridized carbons (Fsp3) is 0.852. The van der Waals surface area contributed by atoms with Gasteiger partial charge in [-0.25, -0.2) is 9.37 Å². The van der Waals surface area contributed by atoms with Gasteiger partial charge in [-0.2, -0.15) is 0 Å². The molecule has 1 saturated heterocycles. The van der Waals surface area contributed by atoms with Gasteiger partial charge in [-0.05, 0) is 94.8 Å². The molecule has 5 rings (SSSR count). The van der Waals surface area contributed by atoms with E-state index in [1.807, 2.05) is 6.20 Å². The van der Waals surface area contributed by atoms with Gasteiger partial charge in [-0.15, -0.1) is 23.2 Å². The standard InChI is InChI=1S/C27H41Cl2FN4O/c1-16-22(5-7-25(30)33-16)20-10-18(15-34-9-8-31-26(34)19-3-4-19)11-21(13-20)27(35)32-14-17-2-6-23(28)24(29)12-17/h8-9,16-25,33H,2-7,10-15H2,1H3,(H,32,35). The maximum atomic E-state index is 14.0. The third kappa shape index (κ3) is 6.35. The van der Waals surface area contributed by atoms with Gasteiger partial charge in [0.2, 0.25) is 5.91 Å². The van der Waals surface area contributed by atoms with Gasteiger partial charge in [0.1, 0.15) is 5.82 Å². The third-order valence-electron chi connectivity index (χ3n) is 9.17. The van der Waals surface area contributed by atoms with Crippen LogP contribution in [-0.4, -0.2) is 45.1 Å². The number of halogens is 3. The number of nitrogens with zero attached hydrogens (tertiary/aromatic N) is 2. The maximum absolute atomic E-state index is 14.0. The van der Waals surface area contributed by atoms with E-state index in [0.29, 0.717) is 42.6 Å². The van der Waals surface area contributed by atoms with Crippen LogP contribution in [0, 0.1) is 29.6 Å². The summed E-state index contributed by atoms with van der Waals surface area (Å²) in [6, 6.07) is 0.146. The number of imidazole rings is 1. The van der Waals surface area contributed by atoms with Crippen molar-refractivity contribution in [2.75, 3.05) is 6.54 Å². The summed E-state index contributed by atoms with van der Waals surface area (Å²) >= 11 is 12.7. The van der Waals surface area contributed by atoms with E-state index in [2.05, 4.69) is 33.3 Å². The highest BCUT2D eigenvalue weighted by Crippen LogP contribution is 2.44. The van der Waals surface area contributed by atoms with Gasteiger partial charge in [0.15, 0.2) is 6.30 Å². The Morgan fingerprint density at radius 2 is 1.91 bits per heavy atom. The molecule has 3 aliphatic carbocycles. The predicted molar refractivity (Wildman–Crippen MR) is 138 cm³/mol. The summed E-state index contributed by atoms with van der Waals surface area (Å²) in [6.45, 7) is 3.74. The molecular weight excluding hydrogens is 486 g/mol. The van der Waals surface area contributed by atoms with E-state index in [1.54, 1.807) is 0 Å². The van der Waals surface area contributed by atoms with Gasteiger partial charge in [0.25, 0.3) is 0 Å². The molecule has 1 aliphatic heterocycles. The predicted octanol–water partition coefficient (Wildman–Crippen LogP) is 5.61. The number of rotatable bonds is 7. The van der Waals surface area contributed by atoms with Crippen LogP contribution in [0.4, 0.5) is 4.39 Å². The minimum Gasteiger partial charge on any atom is -0.356 e. The molecule has 3 saturated carbocycles. The van der Waals surface area contributed by atoms with Gasteiger partial charge < -0.3 is 9.88 Å². The number of piperidine rings is 1. The normalized spacial score (nSPS) is 40.4. The van der Waals surface area contributed by atoms with Gasteiger partial charge >= 0.3 is 0 Å². The van der Waals surface area contributed by atoms with E-state index < -0.39 is 6.30 Å². The number of aromatic nitrogens is 2. The average molecular weight is 528 g/mol. The fourth-order valence-electron chi connectivity index (χ4n) is 7.11. The van der Waals surface area contributed by atoms with Crippen LogP contribution in [0.15, 0.2) is 12.4 Å². The first-order chi connectivity index (χ1) is 16.9. The Bertz CT molecular complexity index is 864. The molecular formula is C27H41Cl2FN4O. The topological polar surface area (TPSA) is 59.0 Å². The number of alkyl halides is 3.